The molecule has 0 heterocycles. The number of rotatable bonds is 6. The van der Waals surface area contributed by atoms with Crippen molar-refractivity contribution in [1.29, 1.82) is 0 Å². The van der Waals surface area contributed by atoms with Crippen LogP contribution in [-0.2, 0) is 4.74 Å². The largest absolute Gasteiger partial charge is 0.379 e. The van der Waals surface area contributed by atoms with E-state index in [0.29, 0.717) is 18.0 Å². The molecule has 1 aliphatic carbocycles. The van der Waals surface area contributed by atoms with Gasteiger partial charge in [0.2, 0.25) is 0 Å². The van der Waals surface area contributed by atoms with Gasteiger partial charge in [-0.2, -0.15) is 0 Å². The van der Waals surface area contributed by atoms with Gasteiger partial charge in [0, 0.05) is 19.2 Å². The first-order valence-electron chi connectivity index (χ1n) is 7.38. The number of nitrogens with two attached hydrogens (primary N) is 1. The van der Waals surface area contributed by atoms with Gasteiger partial charge in [0.05, 0.1) is 5.60 Å². The third-order valence-electron chi connectivity index (χ3n) is 4.73. The lowest BCUT2D eigenvalue weighted by Crippen LogP contribution is -2.48. The molecule has 0 aromatic carbocycles. The van der Waals surface area contributed by atoms with Gasteiger partial charge in [-0.15, -0.1) is 0 Å². The molecule has 1 rings (SSSR count). The maximum atomic E-state index is 5.93. The number of ether oxygens (including phenoxy) is 1. The van der Waals surface area contributed by atoms with E-state index in [0.717, 1.165) is 13.0 Å². The van der Waals surface area contributed by atoms with E-state index in [1.807, 2.05) is 0 Å². The summed E-state index contributed by atoms with van der Waals surface area (Å²) in [5, 5.41) is 0. The van der Waals surface area contributed by atoms with E-state index in [2.05, 4.69) is 32.7 Å². The number of methoxy groups -OCH3 is 1. The summed E-state index contributed by atoms with van der Waals surface area (Å²) in [6, 6.07) is 1.20. The van der Waals surface area contributed by atoms with Crippen LogP contribution in [0.5, 0.6) is 0 Å². The van der Waals surface area contributed by atoms with Crippen LogP contribution >= 0.6 is 0 Å². The summed E-state index contributed by atoms with van der Waals surface area (Å²) in [4.78, 5) is 2.54. The Hall–Kier alpha value is -0.120. The minimum atomic E-state index is -0.0411. The van der Waals surface area contributed by atoms with E-state index in [1.165, 1.54) is 25.7 Å². The summed E-state index contributed by atoms with van der Waals surface area (Å²) in [6.07, 6.45) is 6.37. The maximum Gasteiger partial charge on any atom is 0.0637 e. The molecule has 1 aliphatic rings. The van der Waals surface area contributed by atoms with Crippen molar-refractivity contribution in [3.05, 3.63) is 0 Å². The molecule has 0 bridgehead atoms. The summed E-state index contributed by atoms with van der Waals surface area (Å²) in [5.74, 6) is 0.678. The van der Waals surface area contributed by atoms with Gasteiger partial charge in [-0.25, -0.2) is 0 Å². The van der Waals surface area contributed by atoms with E-state index >= 15 is 0 Å². The van der Waals surface area contributed by atoms with Gasteiger partial charge in [-0.05, 0) is 59.5 Å². The van der Waals surface area contributed by atoms with E-state index < -0.39 is 0 Å². The van der Waals surface area contributed by atoms with E-state index in [1.54, 1.807) is 7.11 Å². The SMILES string of the molecule is COC(C)(C)CC(C)N(C)C1CCCCC1CN. The number of nitrogens with zero attached hydrogens (tertiary/aromatic N) is 1. The zero-order valence-electron chi connectivity index (χ0n) is 12.9. The molecule has 3 atom stereocenters. The van der Waals surface area contributed by atoms with Crippen molar-refractivity contribution in [3.63, 3.8) is 0 Å². The zero-order valence-corrected chi connectivity index (χ0v) is 12.9. The Balaban J connectivity index is 2.58. The van der Waals surface area contributed by atoms with Crippen LogP contribution in [0.2, 0.25) is 0 Å². The zero-order chi connectivity index (χ0) is 13.8. The Morgan fingerprint density at radius 2 is 1.94 bits per heavy atom. The van der Waals surface area contributed by atoms with E-state index in [9.17, 15) is 0 Å². The highest BCUT2D eigenvalue weighted by atomic mass is 16.5. The minimum Gasteiger partial charge on any atom is -0.379 e. The van der Waals surface area contributed by atoms with Crippen LogP contribution in [0.3, 0.4) is 0 Å². The van der Waals surface area contributed by atoms with Crippen LogP contribution < -0.4 is 5.73 Å². The molecule has 3 nitrogen and oxygen atoms in total. The predicted octanol–water partition coefficient (Wildman–Crippen LogP) is 2.64. The van der Waals surface area contributed by atoms with Crippen molar-refractivity contribution in [2.24, 2.45) is 11.7 Å². The maximum absolute atomic E-state index is 5.93. The minimum absolute atomic E-state index is 0.0411. The lowest BCUT2D eigenvalue weighted by molar-refractivity contribution is -0.0148. The van der Waals surface area contributed by atoms with Gasteiger partial charge in [-0.3, -0.25) is 0 Å². The van der Waals surface area contributed by atoms with Crippen molar-refractivity contribution in [3.8, 4) is 0 Å². The molecular weight excluding hydrogens is 224 g/mol. The van der Waals surface area contributed by atoms with Crippen LogP contribution in [0.1, 0.15) is 52.9 Å². The summed E-state index contributed by atoms with van der Waals surface area (Å²) in [7, 11) is 4.06. The molecule has 3 unspecified atom stereocenters. The Morgan fingerprint density at radius 3 is 2.50 bits per heavy atom. The monoisotopic (exact) mass is 256 g/mol. The number of hydrogen-bond acceptors (Lipinski definition) is 3. The van der Waals surface area contributed by atoms with Gasteiger partial charge in [0.1, 0.15) is 0 Å². The van der Waals surface area contributed by atoms with Crippen molar-refractivity contribution in [1.82, 2.24) is 4.90 Å². The Morgan fingerprint density at radius 1 is 1.33 bits per heavy atom. The highest BCUT2D eigenvalue weighted by Crippen LogP contribution is 2.30. The molecule has 1 saturated carbocycles. The standard InChI is InChI=1S/C15H32N2O/c1-12(10-15(2,3)18-5)17(4)14-9-7-6-8-13(14)11-16/h12-14H,6-11,16H2,1-5H3. The smallest absolute Gasteiger partial charge is 0.0637 e. The van der Waals surface area contributed by atoms with Gasteiger partial charge in [-0.1, -0.05) is 12.8 Å². The lowest BCUT2D eigenvalue weighted by atomic mass is 9.82. The first-order valence-corrected chi connectivity index (χ1v) is 7.38. The van der Waals surface area contributed by atoms with E-state index in [4.69, 9.17) is 10.5 Å². The lowest BCUT2D eigenvalue weighted by Gasteiger charge is -2.42. The molecule has 0 spiro atoms. The van der Waals surface area contributed by atoms with Crippen LogP contribution in [0, 0.1) is 5.92 Å². The fraction of sp³-hybridized carbons (Fsp3) is 1.00. The Labute approximate surface area is 113 Å². The van der Waals surface area contributed by atoms with Gasteiger partial charge in [0.25, 0.3) is 0 Å². The summed E-state index contributed by atoms with van der Waals surface area (Å²) >= 11 is 0. The fourth-order valence-corrected chi connectivity index (χ4v) is 3.26. The molecule has 0 amide bonds. The second-order valence-electron chi connectivity index (χ2n) is 6.53. The average molecular weight is 256 g/mol. The molecule has 0 aromatic heterocycles. The van der Waals surface area contributed by atoms with Crippen molar-refractivity contribution in [2.45, 2.75) is 70.6 Å². The van der Waals surface area contributed by atoms with Gasteiger partial charge in [0.15, 0.2) is 0 Å². The predicted molar refractivity (Wildman–Crippen MR) is 77.7 cm³/mol. The van der Waals surface area contributed by atoms with Crippen LogP contribution in [-0.4, -0.2) is 43.3 Å². The molecule has 0 aliphatic heterocycles. The van der Waals surface area contributed by atoms with Crippen LogP contribution in [0.4, 0.5) is 0 Å². The van der Waals surface area contributed by atoms with E-state index in [-0.39, 0.29) is 5.60 Å². The second kappa shape index (κ2) is 6.88. The Kier molecular flexibility index (Phi) is 6.09. The van der Waals surface area contributed by atoms with Crippen LogP contribution in [0.15, 0.2) is 0 Å². The normalized spacial score (nSPS) is 27.5. The summed E-state index contributed by atoms with van der Waals surface area (Å²) in [6.45, 7) is 7.47. The summed E-state index contributed by atoms with van der Waals surface area (Å²) < 4.78 is 5.55. The molecular formula is C15H32N2O. The Bertz CT molecular complexity index is 243. The number of hydrogen-bond donors (Lipinski definition) is 1. The third-order valence-corrected chi connectivity index (χ3v) is 4.73. The quantitative estimate of drug-likeness (QED) is 0.794. The van der Waals surface area contributed by atoms with Crippen LogP contribution in [0.25, 0.3) is 0 Å². The molecule has 0 saturated heterocycles. The summed E-state index contributed by atoms with van der Waals surface area (Å²) in [5.41, 5.74) is 5.89. The molecule has 1 fully saturated rings. The first-order chi connectivity index (χ1) is 8.41. The second-order valence-corrected chi connectivity index (χ2v) is 6.53. The van der Waals surface area contributed by atoms with Crippen molar-refractivity contribution < 1.29 is 4.74 Å². The molecule has 3 heteroatoms. The average Bonchev–Trinajstić information content (AvgIpc) is 2.37. The molecule has 2 N–H and O–H groups in total. The molecule has 0 aromatic rings. The van der Waals surface area contributed by atoms with Gasteiger partial charge >= 0.3 is 0 Å². The van der Waals surface area contributed by atoms with Gasteiger partial charge < -0.3 is 15.4 Å². The van der Waals surface area contributed by atoms with Crippen molar-refractivity contribution in [2.75, 3.05) is 20.7 Å². The van der Waals surface area contributed by atoms with Crippen molar-refractivity contribution >= 4 is 0 Å². The fourth-order valence-electron chi connectivity index (χ4n) is 3.26. The highest BCUT2D eigenvalue weighted by Gasteiger charge is 2.31. The first kappa shape index (κ1) is 15.9. The topological polar surface area (TPSA) is 38.5 Å². The molecule has 0 radical (unpaired) electrons. The third kappa shape index (κ3) is 4.22. The molecule has 108 valence electrons. The molecule has 18 heavy (non-hydrogen) atoms. The highest BCUT2D eigenvalue weighted by molar-refractivity contribution is 4.86.